The molecule has 1 saturated heterocycles. The van der Waals surface area contributed by atoms with Gasteiger partial charge in [-0.1, -0.05) is 24.3 Å². The number of nitrogens with zero attached hydrogens (tertiary/aromatic N) is 2. The van der Waals surface area contributed by atoms with Gasteiger partial charge in [0.05, 0.1) is 12.0 Å². The summed E-state index contributed by atoms with van der Waals surface area (Å²) in [6.07, 6.45) is 3.46. The zero-order chi connectivity index (χ0) is 20.4. The number of piperidine rings is 1. The summed E-state index contributed by atoms with van der Waals surface area (Å²) in [5.74, 6) is 0.505. The van der Waals surface area contributed by atoms with E-state index in [2.05, 4.69) is 0 Å². The number of methoxy groups -OCH3 is 1. The highest BCUT2D eigenvalue weighted by molar-refractivity contribution is 7.89. The van der Waals surface area contributed by atoms with E-state index >= 15 is 0 Å². The molecule has 1 fully saturated rings. The van der Waals surface area contributed by atoms with Crippen molar-refractivity contribution in [1.29, 1.82) is 0 Å². The van der Waals surface area contributed by atoms with E-state index in [-0.39, 0.29) is 17.3 Å². The van der Waals surface area contributed by atoms with Crippen molar-refractivity contribution >= 4 is 15.9 Å². The lowest BCUT2D eigenvalue weighted by Crippen LogP contribution is -2.54. The van der Waals surface area contributed by atoms with Crippen molar-refractivity contribution < 1.29 is 17.9 Å². The maximum absolute atomic E-state index is 13.5. The molecule has 154 valence electrons. The number of carbonyl (C=O) groups is 1. The summed E-state index contributed by atoms with van der Waals surface area (Å²) in [4.78, 5) is 15.4. The van der Waals surface area contributed by atoms with Crippen LogP contribution in [0.5, 0.6) is 5.75 Å². The highest BCUT2D eigenvalue weighted by Gasteiger charge is 2.41. The van der Waals surface area contributed by atoms with Crippen LogP contribution in [0, 0.1) is 0 Å². The standard InChI is InChI=1S/C22H26N2O4S/c1-28-19-9-11-20(12-10-19)29(26,27)24-16-18-8-4-3-7-17(18)15-21(24)22(25)23-13-5-2-6-14-23/h3-4,7-12,21H,2,5-6,13-16H2,1H3/t21-/m1/s1. The number of rotatable bonds is 4. The van der Waals surface area contributed by atoms with Gasteiger partial charge in [-0.3, -0.25) is 4.79 Å². The molecule has 2 aromatic carbocycles. The average Bonchev–Trinajstić information content (AvgIpc) is 2.78. The van der Waals surface area contributed by atoms with Crippen molar-refractivity contribution in [3.05, 3.63) is 59.7 Å². The number of carbonyl (C=O) groups excluding carboxylic acids is 1. The molecule has 2 aliphatic heterocycles. The Hall–Kier alpha value is -2.38. The molecule has 2 heterocycles. The molecule has 7 heteroatoms. The predicted molar refractivity (Wildman–Crippen MR) is 110 cm³/mol. The number of sulfonamides is 1. The average molecular weight is 415 g/mol. The van der Waals surface area contributed by atoms with Gasteiger partial charge in [0, 0.05) is 19.6 Å². The molecule has 29 heavy (non-hydrogen) atoms. The maximum atomic E-state index is 13.5. The van der Waals surface area contributed by atoms with Crippen LogP contribution in [0.4, 0.5) is 0 Å². The molecule has 6 nitrogen and oxygen atoms in total. The molecule has 0 radical (unpaired) electrons. The van der Waals surface area contributed by atoms with Gasteiger partial charge in [0.15, 0.2) is 0 Å². The van der Waals surface area contributed by atoms with Crippen LogP contribution >= 0.6 is 0 Å². The minimum Gasteiger partial charge on any atom is -0.497 e. The van der Waals surface area contributed by atoms with E-state index in [9.17, 15) is 13.2 Å². The molecular weight excluding hydrogens is 388 g/mol. The van der Waals surface area contributed by atoms with Crippen LogP contribution < -0.4 is 4.74 Å². The van der Waals surface area contributed by atoms with E-state index in [0.29, 0.717) is 25.3 Å². The minimum atomic E-state index is -3.83. The smallest absolute Gasteiger partial charge is 0.244 e. The summed E-state index contributed by atoms with van der Waals surface area (Å²) >= 11 is 0. The Bertz CT molecular complexity index is 982. The summed E-state index contributed by atoms with van der Waals surface area (Å²) in [6, 6.07) is 13.4. The molecule has 2 aliphatic rings. The second-order valence-corrected chi connectivity index (χ2v) is 9.49. The van der Waals surface area contributed by atoms with Crippen molar-refractivity contribution in [2.75, 3.05) is 20.2 Å². The first-order valence-corrected chi connectivity index (χ1v) is 11.5. The van der Waals surface area contributed by atoms with E-state index in [0.717, 1.165) is 30.4 Å². The SMILES string of the molecule is COc1ccc(S(=O)(=O)N2Cc3ccccc3C[C@@H]2C(=O)N2CCCCC2)cc1. The first kappa shape index (κ1) is 19.9. The van der Waals surface area contributed by atoms with Crippen molar-refractivity contribution in [3.8, 4) is 5.75 Å². The second-order valence-electron chi connectivity index (χ2n) is 7.60. The Morgan fingerprint density at radius 2 is 1.62 bits per heavy atom. The van der Waals surface area contributed by atoms with Crippen LogP contribution in [0.1, 0.15) is 30.4 Å². The Morgan fingerprint density at radius 3 is 2.28 bits per heavy atom. The van der Waals surface area contributed by atoms with Gasteiger partial charge in [-0.25, -0.2) is 8.42 Å². The fourth-order valence-corrected chi connectivity index (χ4v) is 5.73. The van der Waals surface area contributed by atoms with Gasteiger partial charge in [-0.05, 0) is 61.1 Å². The number of fused-ring (bicyclic) bond motifs is 1. The minimum absolute atomic E-state index is 0.0868. The predicted octanol–water partition coefficient (Wildman–Crippen LogP) is 2.82. The maximum Gasteiger partial charge on any atom is 0.244 e. The number of benzene rings is 2. The van der Waals surface area contributed by atoms with E-state index in [1.165, 1.54) is 16.4 Å². The highest BCUT2D eigenvalue weighted by Crippen LogP contribution is 2.31. The molecular formula is C22H26N2O4S. The van der Waals surface area contributed by atoms with Gasteiger partial charge in [0.1, 0.15) is 11.8 Å². The third kappa shape index (κ3) is 3.89. The molecule has 0 aliphatic carbocycles. The number of ether oxygens (including phenoxy) is 1. The molecule has 1 amide bonds. The molecule has 0 unspecified atom stereocenters. The van der Waals surface area contributed by atoms with Gasteiger partial charge in [-0.2, -0.15) is 4.31 Å². The first-order valence-electron chi connectivity index (χ1n) is 10.0. The zero-order valence-corrected chi connectivity index (χ0v) is 17.4. The van der Waals surface area contributed by atoms with Crippen LogP contribution in [0.2, 0.25) is 0 Å². The zero-order valence-electron chi connectivity index (χ0n) is 16.6. The van der Waals surface area contributed by atoms with Crippen LogP contribution in [0.25, 0.3) is 0 Å². The monoisotopic (exact) mass is 414 g/mol. The summed E-state index contributed by atoms with van der Waals surface area (Å²) < 4.78 is 33.5. The molecule has 1 atom stereocenters. The Morgan fingerprint density at radius 1 is 0.966 bits per heavy atom. The quantitative estimate of drug-likeness (QED) is 0.772. The number of hydrogen-bond donors (Lipinski definition) is 0. The summed E-state index contributed by atoms with van der Waals surface area (Å²) in [7, 11) is -2.29. The Balaban J connectivity index is 1.71. The largest absolute Gasteiger partial charge is 0.497 e. The molecule has 2 aromatic rings. The fraction of sp³-hybridized carbons (Fsp3) is 0.409. The molecule has 0 saturated carbocycles. The molecule has 0 aromatic heterocycles. The van der Waals surface area contributed by atoms with Gasteiger partial charge in [0.2, 0.25) is 15.9 Å². The second kappa shape index (κ2) is 8.16. The first-order chi connectivity index (χ1) is 14.0. The lowest BCUT2D eigenvalue weighted by molar-refractivity contribution is -0.136. The van der Waals surface area contributed by atoms with Crippen LogP contribution in [-0.2, 0) is 27.8 Å². The van der Waals surface area contributed by atoms with Crippen LogP contribution in [-0.4, -0.2) is 49.8 Å². The lowest BCUT2D eigenvalue weighted by atomic mass is 9.94. The van der Waals surface area contributed by atoms with E-state index in [1.807, 2.05) is 29.2 Å². The summed E-state index contributed by atoms with van der Waals surface area (Å²) in [5, 5.41) is 0. The third-order valence-electron chi connectivity index (χ3n) is 5.82. The molecule has 0 N–H and O–H groups in total. The van der Waals surface area contributed by atoms with E-state index < -0.39 is 16.1 Å². The number of amides is 1. The molecule has 4 rings (SSSR count). The Kier molecular flexibility index (Phi) is 5.61. The number of hydrogen-bond acceptors (Lipinski definition) is 4. The van der Waals surface area contributed by atoms with Gasteiger partial charge in [-0.15, -0.1) is 0 Å². The Labute approximate surface area is 172 Å². The van der Waals surface area contributed by atoms with Crippen LogP contribution in [0.15, 0.2) is 53.4 Å². The summed E-state index contributed by atoms with van der Waals surface area (Å²) in [6.45, 7) is 1.61. The van der Waals surface area contributed by atoms with Crippen molar-refractivity contribution in [1.82, 2.24) is 9.21 Å². The topological polar surface area (TPSA) is 66.9 Å². The van der Waals surface area contributed by atoms with Crippen molar-refractivity contribution in [2.24, 2.45) is 0 Å². The molecule has 0 bridgehead atoms. The van der Waals surface area contributed by atoms with Crippen molar-refractivity contribution in [2.45, 2.75) is 43.2 Å². The lowest BCUT2D eigenvalue weighted by Gasteiger charge is -2.38. The van der Waals surface area contributed by atoms with Gasteiger partial charge < -0.3 is 9.64 Å². The van der Waals surface area contributed by atoms with Crippen LogP contribution in [0.3, 0.4) is 0 Å². The fourth-order valence-electron chi connectivity index (χ4n) is 4.17. The highest BCUT2D eigenvalue weighted by atomic mass is 32.2. The van der Waals surface area contributed by atoms with E-state index in [4.69, 9.17) is 4.74 Å². The molecule has 0 spiro atoms. The summed E-state index contributed by atoms with van der Waals surface area (Å²) in [5.41, 5.74) is 2.00. The van der Waals surface area contributed by atoms with Gasteiger partial charge >= 0.3 is 0 Å². The number of likely N-dealkylation sites (tertiary alicyclic amines) is 1. The van der Waals surface area contributed by atoms with Gasteiger partial charge in [0.25, 0.3) is 0 Å². The van der Waals surface area contributed by atoms with Crippen molar-refractivity contribution in [3.63, 3.8) is 0 Å². The third-order valence-corrected chi connectivity index (χ3v) is 7.69. The van der Waals surface area contributed by atoms with E-state index in [1.54, 1.807) is 19.2 Å². The normalized spacial score (nSPS) is 20.2.